The molecule has 2 aromatic rings. The molecule has 0 bridgehead atoms. The molecule has 0 unspecified atom stereocenters. The summed E-state index contributed by atoms with van der Waals surface area (Å²) in [5.74, 6) is -1.80. The van der Waals surface area contributed by atoms with Crippen LogP contribution in [0.15, 0.2) is 54.6 Å². The van der Waals surface area contributed by atoms with Gasteiger partial charge in [-0.2, -0.15) is 0 Å². The largest absolute Gasteiger partial charge is 0.480 e. The molecule has 0 spiro atoms. The highest BCUT2D eigenvalue weighted by Gasteiger charge is 2.26. The van der Waals surface area contributed by atoms with Crippen molar-refractivity contribution in [1.82, 2.24) is 10.2 Å². The minimum atomic E-state index is -1.22. The maximum Gasteiger partial charge on any atom is 0.410 e. The number of carbonyl (C=O) groups is 3. The number of benzene rings is 2. The molecular formula is C24H27N3O8. The molecule has 1 fully saturated rings. The Kier molecular flexibility index (Phi) is 9.13. The number of nitrogens with one attached hydrogen (secondary N) is 1. The number of rotatable bonds is 10. The zero-order valence-electron chi connectivity index (χ0n) is 19.0. The number of aliphatic carboxylic acids is 1. The summed E-state index contributed by atoms with van der Waals surface area (Å²) in [6.45, 7) is 0.740. The summed E-state index contributed by atoms with van der Waals surface area (Å²) in [5, 5.41) is 22.6. The first-order chi connectivity index (χ1) is 16.8. The van der Waals surface area contributed by atoms with Crippen molar-refractivity contribution >= 4 is 23.7 Å². The Balaban J connectivity index is 1.38. The summed E-state index contributed by atoms with van der Waals surface area (Å²) >= 11 is 0. The fourth-order valence-corrected chi connectivity index (χ4v) is 3.63. The Morgan fingerprint density at radius 3 is 2.31 bits per heavy atom. The van der Waals surface area contributed by atoms with E-state index in [0.717, 1.165) is 5.56 Å². The highest BCUT2D eigenvalue weighted by molar-refractivity contribution is 5.84. The fourth-order valence-electron chi connectivity index (χ4n) is 3.63. The van der Waals surface area contributed by atoms with Crippen molar-refractivity contribution in [3.63, 3.8) is 0 Å². The van der Waals surface area contributed by atoms with Gasteiger partial charge in [-0.1, -0.05) is 42.5 Å². The molecule has 1 atom stereocenters. The Morgan fingerprint density at radius 1 is 1.06 bits per heavy atom. The van der Waals surface area contributed by atoms with Gasteiger partial charge in [0, 0.05) is 31.6 Å². The molecule has 0 aliphatic carbocycles. The first-order valence-electron chi connectivity index (χ1n) is 11.1. The molecule has 1 saturated heterocycles. The summed E-state index contributed by atoms with van der Waals surface area (Å²) in [5.41, 5.74) is 1.34. The van der Waals surface area contributed by atoms with Crippen LogP contribution in [0, 0.1) is 10.1 Å². The predicted molar refractivity (Wildman–Crippen MR) is 124 cm³/mol. The van der Waals surface area contributed by atoms with E-state index in [1.165, 1.54) is 24.3 Å². The molecule has 0 saturated carbocycles. The zero-order valence-corrected chi connectivity index (χ0v) is 19.0. The molecule has 186 valence electrons. The lowest BCUT2D eigenvalue weighted by molar-refractivity contribution is -0.384. The van der Waals surface area contributed by atoms with Crippen LogP contribution < -0.4 is 5.32 Å². The number of nitro groups is 1. The normalized spacial score (nSPS) is 14.7. The van der Waals surface area contributed by atoms with E-state index < -0.39 is 28.9 Å². The van der Waals surface area contributed by atoms with E-state index in [9.17, 15) is 29.6 Å². The van der Waals surface area contributed by atoms with Crippen molar-refractivity contribution in [2.45, 2.75) is 38.0 Å². The SMILES string of the molecule is O=C(COC1CCN(C(=O)OCc2ccccc2)CC1)N[C@@H](Cc1ccc([N+](=O)[O-])cc1)C(=O)O. The van der Waals surface area contributed by atoms with Gasteiger partial charge in [-0.15, -0.1) is 0 Å². The van der Waals surface area contributed by atoms with Gasteiger partial charge in [0.15, 0.2) is 0 Å². The van der Waals surface area contributed by atoms with Crippen LogP contribution in [-0.2, 0) is 32.1 Å². The third-order valence-electron chi connectivity index (χ3n) is 5.58. The van der Waals surface area contributed by atoms with Crippen LogP contribution in [0.4, 0.5) is 10.5 Å². The van der Waals surface area contributed by atoms with E-state index >= 15 is 0 Å². The zero-order chi connectivity index (χ0) is 25.2. The second-order valence-electron chi connectivity index (χ2n) is 8.12. The maximum absolute atomic E-state index is 12.3. The lowest BCUT2D eigenvalue weighted by Crippen LogP contribution is -2.45. The number of hydrogen-bond acceptors (Lipinski definition) is 7. The molecule has 1 aliphatic heterocycles. The van der Waals surface area contributed by atoms with Gasteiger partial charge < -0.3 is 24.8 Å². The van der Waals surface area contributed by atoms with Gasteiger partial charge in [0.05, 0.1) is 11.0 Å². The molecule has 2 N–H and O–H groups in total. The van der Waals surface area contributed by atoms with Crippen molar-refractivity contribution in [3.05, 3.63) is 75.8 Å². The molecule has 11 nitrogen and oxygen atoms in total. The monoisotopic (exact) mass is 485 g/mol. The van der Waals surface area contributed by atoms with Crippen LogP contribution in [0.5, 0.6) is 0 Å². The Labute approximate surface area is 201 Å². The number of nitrogens with zero attached hydrogens (tertiary/aromatic N) is 2. The summed E-state index contributed by atoms with van der Waals surface area (Å²) in [7, 11) is 0. The topological polar surface area (TPSA) is 148 Å². The molecule has 0 radical (unpaired) electrons. The Morgan fingerprint density at radius 2 is 1.71 bits per heavy atom. The van der Waals surface area contributed by atoms with Gasteiger partial charge in [-0.3, -0.25) is 14.9 Å². The molecule has 35 heavy (non-hydrogen) atoms. The first kappa shape index (κ1) is 25.6. The summed E-state index contributed by atoms with van der Waals surface area (Å²) in [6.07, 6.45) is 0.387. The summed E-state index contributed by atoms with van der Waals surface area (Å²) in [6, 6.07) is 13.6. The van der Waals surface area contributed by atoms with Crippen molar-refractivity contribution in [1.29, 1.82) is 0 Å². The average Bonchev–Trinajstić information content (AvgIpc) is 2.87. The van der Waals surface area contributed by atoms with Crippen molar-refractivity contribution < 1.29 is 33.9 Å². The van der Waals surface area contributed by atoms with Gasteiger partial charge in [0.2, 0.25) is 5.91 Å². The number of nitro benzene ring substituents is 1. The molecule has 1 heterocycles. The first-order valence-corrected chi connectivity index (χ1v) is 11.1. The number of carbonyl (C=O) groups excluding carboxylic acids is 2. The van der Waals surface area contributed by atoms with Gasteiger partial charge in [0.25, 0.3) is 5.69 Å². The van der Waals surface area contributed by atoms with Crippen LogP contribution in [-0.4, -0.2) is 64.7 Å². The minimum Gasteiger partial charge on any atom is -0.480 e. The number of likely N-dealkylation sites (tertiary alicyclic amines) is 1. The van der Waals surface area contributed by atoms with Gasteiger partial charge >= 0.3 is 12.1 Å². The number of carboxylic acid groups (broad SMARTS) is 1. The molecule has 2 amide bonds. The third-order valence-corrected chi connectivity index (χ3v) is 5.58. The minimum absolute atomic E-state index is 0.0252. The van der Waals surface area contributed by atoms with Crippen LogP contribution >= 0.6 is 0 Å². The number of non-ortho nitro benzene ring substituents is 1. The number of carboxylic acids is 1. The summed E-state index contributed by atoms with van der Waals surface area (Å²) < 4.78 is 10.9. The molecule has 3 rings (SSSR count). The number of ether oxygens (including phenoxy) is 2. The van der Waals surface area contributed by atoms with E-state index in [0.29, 0.717) is 31.5 Å². The van der Waals surface area contributed by atoms with Gasteiger partial charge in [-0.05, 0) is 24.0 Å². The van der Waals surface area contributed by atoms with E-state index in [-0.39, 0.29) is 31.4 Å². The van der Waals surface area contributed by atoms with Gasteiger partial charge in [-0.25, -0.2) is 9.59 Å². The van der Waals surface area contributed by atoms with Crippen LogP contribution in [0.25, 0.3) is 0 Å². The van der Waals surface area contributed by atoms with Crippen molar-refractivity contribution in [2.24, 2.45) is 0 Å². The quantitative estimate of drug-likeness (QED) is 0.385. The van der Waals surface area contributed by atoms with E-state index in [4.69, 9.17) is 9.47 Å². The number of piperidine rings is 1. The van der Waals surface area contributed by atoms with Crippen LogP contribution in [0.2, 0.25) is 0 Å². The standard InChI is InChI=1S/C24H27N3O8/c28-22(25-21(23(29)30)14-17-6-8-19(9-7-17)27(32)33)16-34-20-10-12-26(13-11-20)24(31)35-15-18-4-2-1-3-5-18/h1-9,20-21H,10-16H2,(H,25,28)(H,29,30)/t21-/m0/s1. The maximum atomic E-state index is 12.3. The van der Waals surface area contributed by atoms with Gasteiger partial charge in [0.1, 0.15) is 19.3 Å². The molecule has 11 heteroatoms. The smallest absolute Gasteiger partial charge is 0.410 e. The lowest BCUT2D eigenvalue weighted by Gasteiger charge is -2.31. The molecule has 0 aromatic heterocycles. The van der Waals surface area contributed by atoms with Crippen molar-refractivity contribution in [3.8, 4) is 0 Å². The third kappa shape index (κ3) is 8.07. The number of hydrogen-bond donors (Lipinski definition) is 2. The highest BCUT2D eigenvalue weighted by Crippen LogP contribution is 2.16. The van der Waals surface area contributed by atoms with E-state index in [2.05, 4.69) is 5.32 Å². The second-order valence-corrected chi connectivity index (χ2v) is 8.12. The molecule has 2 aromatic carbocycles. The Bertz CT molecular complexity index is 1020. The fraction of sp³-hybridized carbons (Fsp3) is 0.375. The lowest BCUT2D eigenvalue weighted by atomic mass is 10.1. The van der Waals surface area contributed by atoms with E-state index in [1.807, 2.05) is 30.3 Å². The predicted octanol–water partition coefficient (Wildman–Crippen LogP) is 2.52. The number of amides is 2. The molecule has 1 aliphatic rings. The Hall–Kier alpha value is -3.99. The summed E-state index contributed by atoms with van der Waals surface area (Å²) in [4.78, 5) is 47.8. The second kappa shape index (κ2) is 12.5. The molecular weight excluding hydrogens is 458 g/mol. The average molecular weight is 485 g/mol. The van der Waals surface area contributed by atoms with Crippen molar-refractivity contribution in [2.75, 3.05) is 19.7 Å². The highest BCUT2D eigenvalue weighted by atomic mass is 16.6. The van der Waals surface area contributed by atoms with E-state index in [1.54, 1.807) is 4.90 Å². The van der Waals surface area contributed by atoms with Crippen LogP contribution in [0.1, 0.15) is 24.0 Å². The van der Waals surface area contributed by atoms with Crippen LogP contribution in [0.3, 0.4) is 0 Å².